The number of aromatic amines is 1. The number of benzene rings is 1. The molecule has 29 heavy (non-hydrogen) atoms. The molecule has 5 rings (SSSR count). The Hall–Kier alpha value is -2.63. The van der Waals surface area contributed by atoms with Crippen LogP contribution in [0, 0.1) is 0 Å². The normalized spacial score (nSPS) is 18.7. The average molecular weight is 392 g/mol. The summed E-state index contributed by atoms with van der Waals surface area (Å²) >= 11 is 0. The lowest BCUT2D eigenvalue weighted by molar-refractivity contribution is 0.0645. The van der Waals surface area contributed by atoms with Crippen LogP contribution in [0.5, 0.6) is 0 Å². The number of aryl methyl sites for hydroxylation is 2. The first-order chi connectivity index (χ1) is 14.3. The number of nitrogens with one attached hydrogen (secondary N) is 1. The minimum Gasteiger partial charge on any atom is -0.332 e. The van der Waals surface area contributed by atoms with E-state index in [0.717, 1.165) is 61.5 Å². The fourth-order valence-corrected chi connectivity index (χ4v) is 4.74. The molecule has 1 saturated carbocycles. The maximum Gasteiger partial charge on any atom is 0.255 e. The van der Waals surface area contributed by atoms with Gasteiger partial charge in [0.1, 0.15) is 0 Å². The van der Waals surface area contributed by atoms with Crippen molar-refractivity contribution in [2.75, 3.05) is 0 Å². The molecule has 1 amide bonds. The van der Waals surface area contributed by atoms with Gasteiger partial charge in [-0.1, -0.05) is 25.8 Å². The van der Waals surface area contributed by atoms with Crippen LogP contribution in [0.3, 0.4) is 0 Å². The van der Waals surface area contributed by atoms with E-state index in [0.29, 0.717) is 6.04 Å². The zero-order valence-corrected chi connectivity index (χ0v) is 17.1. The van der Waals surface area contributed by atoms with Gasteiger partial charge in [0.2, 0.25) is 0 Å². The quantitative estimate of drug-likeness (QED) is 0.616. The molecule has 0 bridgehead atoms. The van der Waals surface area contributed by atoms with Crippen LogP contribution in [-0.4, -0.2) is 42.9 Å². The van der Waals surface area contributed by atoms with Crippen molar-refractivity contribution in [3.8, 4) is 0 Å². The molecule has 6 nitrogen and oxygen atoms in total. The number of H-pyrrole nitrogens is 1. The number of hydrogen-bond donors (Lipinski definition) is 1. The van der Waals surface area contributed by atoms with Gasteiger partial charge in [-0.25, -0.2) is 0 Å². The van der Waals surface area contributed by atoms with Gasteiger partial charge in [0.15, 0.2) is 0 Å². The Morgan fingerprint density at radius 2 is 2.10 bits per heavy atom. The summed E-state index contributed by atoms with van der Waals surface area (Å²) in [6.07, 6.45) is 12.4. The molecule has 1 atom stereocenters. The number of aromatic nitrogens is 4. The van der Waals surface area contributed by atoms with Crippen LogP contribution in [0.1, 0.15) is 67.1 Å². The van der Waals surface area contributed by atoms with Crippen molar-refractivity contribution in [3.05, 3.63) is 47.4 Å². The van der Waals surface area contributed by atoms with Crippen LogP contribution in [0.15, 0.2) is 30.6 Å². The molecule has 1 fully saturated rings. The molecular formula is C23H29N5O. The number of rotatable bonds is 7. The van der Waals surface area contributed by atoms with Crippen LogP contribution < -0.4 is 0 Å². The first-order valence-corrected chi connectivity index (χ1v) is 11.0. The number of carbonyl (C=O) groups is 1. The largest absolute Gasteiger partial charge is 0.332 e. The van der Waals surface area contributed by atoms with Crippen LogP contribution in [-0.2, 0) is 19.4 Å². The van der Waals surface area contributed by atoms with Crippen molar-refractivity contribution in [1.29, 1.82) is 0 Å². The second kappa shape index (κ2) is 7.65. The zero-order chi connectivity index (χ0) is 19.8. The Balaban J connectivity index is 1.43. The van der Waals surface area contributed by atoms with E-state index in [1.165, 1.54) is 24.1 Å². The average Bonchev–Trinajstić information content (AvgIpc) is 3.30. The fourth-order valence-electron chi connectivity index (χ4n) is 4.74. The molecule has 0 radical (unpaired) electrons. The molecule has 152 valence electrons. The highest BCUT2D eigenvalue weighted by Gasteiger charge is 2.39. The molecule has 1 aromatic carbocycles. The minimum absolute atomic E-state index is 0.170. The van der Waals surface area contributed by atoms with E-state index in [4.69, 9.17) is 0 Å². The third-order valence-electron chi connectivity index (χ3n) is 6.45. The summed E-state index contributed by atoms with van der Waals surface area (Å²) in [5.74, 6) is 0.170. The Morgan fingerprint density at radius 1 is 1.21 bits per heavy atom. The monoisotopic (exact) mass is 391 g/mol. The molecule has 2 aliphatic rings. The number of nitrogens with zero attached hydrogens (tertiary/aromatic N) is 4. The molecule has 1 N–H and O–H groups in total. The highest BCUT2D eigenvalue weighted by Crippen LogP contribution is 2.35. The van der Waals surface area contributed by atoms with Crippen molar-refractivity contribution >= 4 is 16.8 Å². The van der Waals surface area contributed by atoms with Gasteiger partial charge < -0.3 is 4.90 Å². The Kier molecular flexibility index (Phi) is 4.86. The van der Waals surface area contributed by atoms with E-state index in [1.807, 2.05) is 24.5 Å². The van der Waals surface area contributed by atoms with Gasteiger partial charge in [-0.2, -0.15) is 10.2 Å². The molecule has 0 spiro atoms. The van der Waals surface area contributed by atoms with Crippen LogP contribution in [0.2, 0.25) is 0 Å². The first kappa shape index (κ1) is 18.4. The van der Waals surface area contributed by atoms with E-state index < -0.39 is 0 Å². The molecule has 2 aromatic heterocycles. The summed E-state index contributed by atoms with van der Waals surface area (Å²) in [6.45, 7) is 3.12. The van der Waals surface area contributed by atoms with Crippen molar-refractivity contribution in [3.63, 3.8) is 0 Å². The van der Waals surface area contributed by atoms with Crippen LogP contribution in [0.25, 0.3) is 10.9 Å². The molecule has 0 saturated heterocycles. The van der Waals surface area contributed by atoms with Crippen LogP contribution >= 0.6 is 0 Å². The Bertz CT molecular complexity index is 1020. The molecular weight excluding hydrogens is 362 g/mol. The van der Waals surface area contributed by atoms with E-state index in [-0.39, 0.29) is 11.9 Å². The van der Waals surface area contributed by atoms with Gasteiger partial charge in [-0.05, 0) is 56.2 Å². The summed E-state index contributed by atoms with van der Waals surface area (Å²) in [6, 6.07) is 6.72. The number of fused-ring (bicyclic) bond motifs is 2. The summed E-state index contributed by atoms with van der Waals surface area (Å²) in [5, 5.41) is 12.9. The van der Waals surface area contributed by atoms with Gasteiger partial charge >= 0.3 is 0 Å². The molecule has 0 aliphatic heterocycles. The smallest absolute Gasteiger partial charge is 0.255 e. The van der Waals surface area contributed by atoms with Gasteiger partial charge in [0, 0.05) is 29.7 Å². The maximum atomic E-state index is 13.7. The van der Waals surface area contributed by atoms with E-state index in [2.05, 4.69) is 37.9 Å². The second-order valence-corrected chi connectivity index (χ2v) is 8.53. The molecule has 6 heteroatoms. The maximum absolute atomic E-state index is 13.7. The van der Waals surface area contributed by atoms with E-state index in [1.54, 1.807) is 0 Å². The predicted molar refractivity (Wildman–Crippen MR) is 113 cm³/mol. The molecule has 1 unspecified atom stereocenters. The van der Waals surface area contributed by atoms with Crippen molar-refractivity contribution in [2.45, 2.75) is 76.9 Å². The summed E-state index contributed by atoms with van der Waals surface area (Å²) in [7, 11) is 0. The van der Waals surface area contributed by atoms with Gasteiger partial charge in [0.05, 0.1) is 23.5 Å². The highest BCUT2D eigenvalue weighted by atomic mass is 16.2. The zero-order valence-electron chi connectivity index (χ0n) is 17.1. The topological polar surface area (TPSA) is 66.8 Å². The van der Waals surface area contributed by atoms with Crippen molar-refractivity contribution in [2.24, 2.45) is 0 Å². The van der Waals surface area contributed by atoms with Gasteiger partial charge in [0.25, 0.3) is 5.91 Å². The lowest BCUT2D eigenvalue weighted by atomic mass is 9.91. The lowest BCUT2D eigenvalue weighted by Gasteiger charge is -2.34. The summed E-state index contributed by atoms with van der Waals surface area (Å²) in [5.41, 5.74) is 4.37. The third-order valence-corrected chi connectivity index (χ3v) is 6.45. The fraction of sp³-hybridized carbons (Fsp3) is 0.522. The van der Waals surface area contributed by atoms with Crippen LogP contribution in [0.4, 0.5) is 0 Å². The molecule has 2 heterocycles. The number of amides is 1. The third kappa shape index (κ3) is 3.45. The second-order valence-electron chi connectivity index (χ2n) is 8.53. The predicted octanol–water partition coefficient (Wildman–Crippen LogP) is 4.11. The molecule has 3 aromatic rings. The first-order valence-electron chi connectivity index (χ1n) is 11.0. The number of hydrogen-bond acceptors (Lipinski definition) is 3. The number of carbonyl (C=O) groups excluding carboxylic acids is 1. The van der Waals surface area contributed by atoms with E-state index in [9.17, 15) is 4.79 Å². The van der Waals surface area contributed by atoms with E-state index >= 15 is 0 Å². The Morgan fingerprint density at radius 3 is 2.93 bits per heavy atom. The number of unbranched alkanes of at least 4 members (excludes halogenated alkanes) is 2. The summed E-state index contributed by atoms with van der Waals surface area (Å²) in [4.78, 5) is 15.9. The summed E-state index contributed by atoms with van der Waals surface area (Å²) < 4.78 is 2.06. The molecule has 2 aliphatic carbocycles. The van der Waals surface area contributed by atoms with Gasteiger partial charge in [-0.15, -0.1) is 0 Å². The Labute approximate surface area is 171 Å². The standard InChI is InChI=1S/C23H29N5O/c1-2-3-4-12-27-22-7-5-6-19(20(22)15-25-27)23(29)28(17-8-9-17)18-10-11-21-16(13-18)14-24-26-21/h5-7,14-15,17-18H,2-4,8-13H2,1H3,(H,24,26). The minimum atomic E-state index is 0.170. The highest BCUT2D eigenvalue weighted by molar-refractivity contribution is 6.06. The van der Waals surface area contributed by atoms with Crippen molar-refractivity contribution < 1.29 is 4.79 Å². The lowest BCUT2D eigenvalue weighted by Crippen LogP contribution is -2.44. The van der Waals surface area contributed by atoms with Crippen molar-refractivity contribution in [1.82, 2.24) is 24.9 Å². The SMILES string of the molecule is CCCCCn1ncc2c(C(=O)N(C3CC3)C3CCc4[nH]ncc4C3)cccc21. The van der Waals surface area contributed by atoms with Gasteiger partial charge in [-0.3, -0.25) is 14.6 Å².